The van der Waals surface area contributed by atoms with Crippen LogP contribution in [0, 0.1) is 5.41 Å². The molecule has 0 fully saturated rings. The van der Waals surface area contributed by atoms with Crippen LogP contribution in [0.2, 0.25) is 0 Å². The van der Waals surface area contributed by atoms with E-state index in [0.717, 1.165) is 12.3 Å². The summed E-state index contributed by atoms with van der Waals surface area (Å²) >= 11 is 0. The van der Waals surface area contributed by atoms with E-state index in [-0.39, 0.29) is 38.8 Å². The van der Waals surface area contributed by atoms with Gasteiger partial charge in [-0.2, -0.15) is 8.42 Å². The fraction of sp³-hybridized carbons (Fsp3) is 0.304. The minimum atomic E-state index is -4.32. The molecule has 10 nitrogen and oxygen atoms in total. The second-order valence-corrected chi connectivity index (χ2v) is 13.0. The quantitative estimate of drug-likeness (QED) is 0.471. The van der Waals surface area contributed by atoms with Gasteiger partial charge in [-0.05, 0) is 48.6 Å². The highest BCUT2D eigenvalue weighted by Crippen LogP contribution is 2.34. The minimum absolute atomic E-state index is 0.0465. The van der Waals surface area contributed by atoms with Crippen LogP contribution in [0.5, 0.6) is 5.75 Å². The van der Waals surface area contributed by atoms with Gasteiger partial charge < -0.3 is 10.4 Å². The van der Waals surface area contributed by atoms with Crippen molar-refractivity contribution in [1.29, 1.82) is 0 Å². The number of hydrogen-bond acceptors (Lipinski definition) is 7. The third-order valence-electron chi connectivity index (χ3n) is 5.51. The molecule has 0 amide bonds. The van der Waals surface area contributed by atoms with Crippen molar-refractivity contribution >= 4 is 42.8 Å². The number of nitrogens with zero attached hydrogens (tertiary/aromatic N) is 2. The molecule has 0 aliphatic carbocycles. The maximum atomic E-state index is 13.3. The lowest BCUT2D eigenvalue weighted by Gasteiger charge is -2.22. The summed E-state index contributed by atoms with van der Waals surface area (Å²) in [5.41, 5.74) is 0.253. The summed E-state index contributed by atoms with van der Waals surface area (Å²) in [5.74, 6) is -0.634. The highest BCUT2D eigenvalue weighted by atomic mass is 32.2. The Morgan fingerprint density at radius 1 is 1.17 bits per heavy atom. The Hall–Kier alpha value is -3.38. The number of anilines is 2. The monoisotopic (exact) mass is 518 g/mol. The molecule has 1 aliphatic rings. The highest BCUT2D eigenvalue weighted by molar-refractivity contribution is 7.92. The maximum Gasteiger partial charge on any atom is 0.286 e. The second kappa shape index (κ2) is 8.38. The Morgan fingerprint density at radius 3 is 2.54 bits per heavy atom. The van der Waals surface area contributed by atoms with Crippen LogP contribution >= 0.6 is 0 Å². The Kier molecular flexibility index (Phi) is 5.92. The topological polar surface area (TPSA) is 146 Å². The number of pyridine rings is 2. The van der Waals surface area contributed by atoms with Crippen molar-refractivity contribution in [1.82, 2.24) is 4.40 Å². The van der Waals surface area contributed by atoms with Crippen molar-refractivity contribution in [2.24, 2.45) is 9.81 Å². The van der Waals surface area contributed by atoms with E-state index in [1.165, 1.54) is 16.5 Å². The number of aromatic nitrogens is 1. The number of rotatable bonds is 5. The van der Waals surface area contributed by atoms with Crippen LogP contribution in [0.25, 0.3) is 5.52 Å². The Balaban J connectivity index is 1.89. The summed E-state index contributed by atoms with van der Waals surface area (Å²) in [4.78, 5) is 13.1. The van der Waals surface area contributed by atoms with Crippen LogP contribution in [0.1, 0.15) is 38.3 Å². The molecule has 1 aromatic carbocycles. The summed E-state index contributed by atoms with van der Waals surface area (Å²) in [7, 11) is -7.95. The van der Waals surface area contributed by atoms with E-state index in [1.807, 2.05) is 0 Å². The van der Waals surface area contributed by atoms with Gasteiger partial charge >= 0.3 is 0 Å². The zero-order valence-corrected chi connectivity index (χ0v) is 21.3. The number of aryl methyl sites for hydroxylation is 1. The third kappa shape index (κ3) is 5.03. The number of hydrogen-bond donors (Lipinski definition) is 3. The van der Waals surface area contributed by atoms with Crippen molar-refractivity contribution < 1.29 is 21.9 Å². The van der Waals surface area contributed by atoms with E-state index in [0.29, 0.717) is 23.9 Å². The van der Waals surface area contributed by atoms with E-state index >= 15 is 0 Å². The van der Waals surface area contributed by atoms with Crippen LogP contribution in [0.4, 0.5) is 11.4 Å². The molecule has 0 saturated carbocycles. The lowest BCUT2D eigenvalue weighted by atomic mass is 9.88. The number of sulfonamides is 2. The zero-order valence-electron chi connectivity index (χ0n) is 19.7. The average Bonchev–Trinajstić information content (AvgIpc) is 2.72. The molecule has 4 rings (SSSR count). The molecule has 0 unspecified atom stereocenters. The van der Waals surface area contributed by atoms with E-state index in [2.05, 4.69) is 35.2 Å². The fourth-order valence-electron chi connectivity index (χ4n) is 3.86. The number of aromatic hydroxyl groups is 1. The highest BCUT2D eigenvalue weighted by Gasteiger charge is 2.31. The predicted octanol–water partition coefficient (Wildman–Crippen LogP) is 2.92. The average molecular weight is 519 g/mol. The molecular formula is C23H26N4O6S2. The number of nitrogens with one attached hydrogen (secondary N) is 2. The van der Waals surface area contributed by atoms with Gasteiger partial charge in [-0.15, -0.1) is 4.40 Å². The van der Waals surface area contributed by atoms with Gasteiger partial charge in [0.15, 0.2) is 5.84 Å². The molecule has 186 valence electrons. The standard InChI is InChI=1S/C23H26N4O6S2/c1-23(2,3)11-10-15-17-7-5-6-12-27(17)22(29)19(20(15)28)21-24-16-9-8-14(25-34(4,30)31)13-18(16)35(32,33)26-21/h5-9,12-13,25,28H,10-11H2,1-4H3,(H,24,26). The van der Waals surface area contributed by atoms with Crippen molar-refractivity contribution in [3.8, 4) is 5.75 Å². The van der Waals surface area contributed by atoms with E-state index in [9.17, 15) is 26.7 Å². The fourth-order valence-corrected chi connectivity index (χ4v) is 5.57. The van der Waals surface area contributed by atoms with Gasteiger partial charge in [0, 0.05) is 17.4 Å². The van der Waals surface area contributed by atoms with Gasteiger partial charge in [0.1, 0.15) is 16.2 Å². The largest absolute Gasteiger partial charge is 0.507 e. The first-order chi connectivity index (χ1) is 16.2. The smallest absolute Gasteiger partial charge is 0.286 e. The zero-order chi connectivity index (χ0) is 25.8. The molecule has 3 heterocycles. The predicted molar refractivity (Wildman–Crippen MR) is 135 cm³/mol. The van der Waals surface area contributed by atoms with Gasteiger partial charge in [0.25, 0.3) is 15.6 Å². The molecule has 3 N–H and O–H groups in total. The van der Waals surface area contributed by atoms with Gasteiger partial charge in [-0.25, -0.2) is 8.42 Å². The van der Waals surface area contributed by atoms with Gasteiger partial charge in [0.05, 0.1) is 17.5 Å². The van der Waals surface area contributed by atoms with E-state index < -0.39 is 25.6 Å². The summed E-state index contributed by atoms with van der Waals surface area (Å²) < 4.78 is 56.4. The Bertz CT molecular complexity index is 1650. The maximum absolute atomic E-state index is 13.3. The SMILES string of the molecule is CC(C)(C)CCc1c(O)c(C2=NS(=O)(=O)c3cc(NS(C)(=O)=O)ccc3N2)c(=O)n2ccccc12. The van der Waals surface area contributed by atoms with Gasteiger partial charge in [-0.3, -0.25) is 13.9 Å². The molecule has 0 bridgehead atoms. The van der Waals surface area contributed by atoms with Gasteiger partial charge in [0.2, 0.25) is 10.0 Å². The molecular weight excluding hydrogens is 492 g/mol. The van der Waals surface area contributed by atoms with Crippen LogP contribution in [0.15, 0.2) is 56.7 Å². The molecule has 2 aromatic heterocycles. The molecule has 0 spiro atoms. The Labute approximate surface area is 203 Å². The van der Waals surface area contributed by atoms with Gasteiger partial charge in [-0.1, -0.05) is 26.8 Å². The lowest BCUT2D eigenvalue weighted by molar-refractivity contribution is 0.374. The summed E-state index contributed by atoms with van der Waals surface area (Å²) in [5, 5.41) is 14.0. The second-order valence-electron chi connectivity index (χ2n) is 9.65. The van der Waals surface area contributed by atoms with Crippen molar-refractivity contribution in [2.75, 3.05) is 16.3 Å². The first-order valence-corrected chi connectivity index (χ1v) is 14.1. The van der Waals surface area contributed by atoms with E-state index in [4.69, 9.17) is 0 Å². The molecule has 0 atom stereocenters. The number of amidine groups is 1. The first-order valence-electron chi connectivity index (χ1n) is 10.8. The molecule has 0 radical (unpaired) electrons. The summed E-state index contributed by atoms with van der Waals surface area (Å²) in [6.07, 6.45) is 3.66. The Morgan fingerprint density at radius 2 is 1.89 bits per heavy atom. The van der Waals surface area contributed by atoms with E-state index in [1.54, 1.807) is 24.4 Å². The molecule has 35 heavy (non-hydrogen) atoms. The normalized spacial score (nSPS) is 15.3. The summed E-state index contributed by atoms with van der Waals surface area (Å²) in [6.45, 7) is 6.18. The molecule has 12 heteroatoms. The lowest BCUT2D eigenvalue weighted by Crippen LogP contribution is -2.31. The van der Waals surface area contributed by atoms with Crippen molar-refractivity contribution in [3.05, 3.63) is 64.1 Å². The van der Waals surface area contributed by atoms with Crippen molar-refractivity contribution in [2.45, 2.75) is 38.5 Å². The van der Waals surface area contributed by atoms with Crippen LogP contribution in [-0.2, 0) is 26.5 Å². The number of benzene rings is 1. The van der Waals surface area contributed by atoms with Crippen molar-refractivity contribution in [3.63, 3.8) is 0 Å². The first kappa shape index (κ1) is 24.7. The molecule has 0 saturated heterocycles. The third-order valence-corrected chi connectivity index (χ3v) is 7.44. The molecule has 3 aromatic rings. The number of fused-ring (bicyclic) bond motifs is 2. The van der Waals surface area contributed by atoms with Crippen LogP contribution < -0.4 is 15.6 Å². The summed E-state index contributed by atoms with van der Waals surface area (Å²) in [6, 6.07) is 9.04. The minimum Gasteiger partial charge on any atom is -0.507 e. The van der Waals surface area contributed by atoms with Crippen LogP contribution in [-0.4, -0.2) is 38.4 Å². The van der Waals surface area contributed by atoms with Crippen LogP contribution in [0.3, 0.4) is 0 Å². The molecule has 1 aliphatic heterocycles.